The molecule has 3 aromatic rings. The lowest BCUT2D eigenvalue weighted by atomic mass is 10.0. The Kier molecular flexibility index (Phi) is 2.87. The number of hydrogen-bond donors (Lipinski definition) is 3. The van der Waals surface area contributed by atoms with E-state index in [-0.39, 0.29) is 17.0 Å². The van der Waals surface area contributed by atoms with E-state index in [1.54, 1.807) is 24.4 Å². The highest BCUT2D eigenvalue weighted by Crippen LogP contribution is 2.27. The van der Waals surface area contributed by atoms with E-state index in [2.05, 4.69) is 15.0 Å². The van der Waals surface area contributed by atoms with E-state index in [4.69, 9.17) is 0 Å². The first-order chi connectivity index (χ1) is 9.66. The predicted molar refractivity (Wildman–Crippen MR) is 76.5 cm³/mol. The fraction of sp³-hybridized carbons (Fsp3) is 0.0667. The molecule has 0 bridgehead atoms. The Morgan fingerprint density at radius 2 is 1.95 bits per heavy atom. The molecule has 20 heavy (non-hydrogen) atoms. The van der Waals surface area contributed by atoms with Gasteiger partial charge in [0.2, 0.25) is 5.88 Å². The summed E-state index contributed by atoms with van der Waals surface area (Å²) < 4.78 is 0. The van der Waals surface area contributed by atoms with Crippen molar-refractivity contribution in [3.63, 3.8) is 0 Å². The van der Waals surface area contributed by atoms with Crippen LogP contribution in [-0.2, 0) is 0 Å². The Morgan fingerprint density at radius 1 is 1.15 bits per heavy atom. The molecule has 2 heterocycles. The SMILES string of the molecule is Cc1ccccc1-c1c(O)nc(-c2ccc[nH]2)[nH]c1=O. The van der Waals surface area contributed by atoms with Crippen LogP contribution in [0.4, 0.5) is 0 Å². The molecule has 0 spiro atoms. The van der Waals surface area contributed by atoms with Crippen molar-refractivity contribution in [1.29, 1.82) is 0 Å². The van der Waals surface area contributed by atoms with Gasteiger partial charge in [0.15, 0.2) is 5.82 Å². The van der Waals surface area contributed by atoms with Crippen molar-refractivity contribution in [2.45, 2.75) is 6.92 Å². The maximum atomic E-state index is 12.2. The second kappa shape index (κ2) is 4.70. The fourth-order valence-corrected chi connectivity index (χ4v) is 2.16. The lowest BCUT2D eigenvalue weighted by Gasteiger charge is -2.07. The topological polar surface area (TPSA) is 81.8 Å². The molecule has 100 valence electrons. The van der Waals surface area contributed by atoms with Crippen LogP contribution in [0.5, 0.6) is 5.88 Å². The third kappa shape index (κ3) is 1.99. The van der Waals surface area contributed by atoms with Crippen molar-refractivity contribution in [3.8, 4) is 28.5 Å². The molecule has 2 aromatic heterocycles. The molecule has 0 aliphatic rings. The fourth-order valence-electron chi connectivity index (χ4n) is 2.16. The number of H-pyrrole nitrogens is 2. The van der Waals surface area contributed by atoms with Crippen LogP contribution in [0.2, 0.25) is 0 Å². The second-order valence-corrected chi connectivity index (χ2v) is 4.51. The minimum atomic E-state index is -0.364. The number of aromatic amines is 2. The van der Waals surface area contributed by atoms with E-state index in [1.807, 2.05) is 25.1 Å². The minimum Gasteiger partial charge on any atom is -0.493 e. The van der Waals surface area contributed by atoms with Gasteiger partial charge in [-0.25, -0.2) is 0 Å². The second-order valence-electron chi connectivity index (χ2n) is 4.51. The lowest BCUT2D eigenvalue weighted by molar-refractivity contribution is 0.454. The summed E-state index contributed by atoms with van der Waals surface area (Å²) in [4.78, 5) is 21.9. The van der Waals surface area contributed by atoms with Gasteiger partial charge < -0.3 is 15.1 Å². The first-order valence-electron chi connectivity index (χ1n) is 6.20. The lowest BCUT2D eigenvalue weighted by Crippen LogP contribution is -2.12. The van der Waals surface area contributed by atoms with Gasteiger partial charge in [-0.05, 0) is 30.2 Å². The highest BCUT2D eigenvalue weighted by Gasteiger charge is 2.15. The van der Waals surface area contributed by atoms with E-state index in [1.165, 1.54) is 0 Å². The first-order valence-corrected chi connectivity index (χ1v) is 6.20. The van der Waals surface area contributed by atoms with Gasteiger partial charge >= 0.3 is 0 Å². The van der Waals surface area contributed by atoms with Crippen LogP contribution < -0.4 is 5.56 Å². The van der Waals surface area contributed by atoms with Crippen molar-refractivity contribution < 1.29 is 5.11 Å². The van der Waals surface area contributed by atoms with Gasteiger partial charge in [0.1, 0.15) is 5.56 Å². The largest absolute Gasteiger partial charge is 0.493 e. The predicted octanol–water partition coefficient (Wildman–Crippen LogP) is 2.45. The molecule has 5 nitrogen and oxygen atoms in total. The number of aromatic hydroxyl groups is 1. The Hall–Kier alpha value is -2.82. The molecule has 0 fully saturated rings. The third-order valence-corrected chi connectivity index (χ3v) is 3.17. The maximum absolute atomic E-state index is 12.2. The molecule has 0 saturated carbocycles. The highest BCUT2D eigenvalue weighted by molar-refractivity contribution is 5.71. The van der Waals surface area contributed by atoms with Gasteiger partial charge in [0.05, 0.1) is 5.69 Å². The molecule has 1 aromatic carbocycles. The monoisotopic (exact) mass is 267 g/mol. The van der Waals surface area contributed by atoms with Gasteiger partial charge in [0.25, 0.3) is 5.56 Å². The van der Waals surface area contributed by atoms with E-state index in [9.17, 15) is 9.90 Å². The Morgan fingerprint density at radius 3 is 2.60 bits per heavy atom. The summed E-state index contributed by atoms with van der Waals surface area (Å²) in [6, 6.07) is 10.9. The van der Waals surface area contributed by atoms with Crippen LogP contribution in [0.15, 0.2) is 47.4 Å². The van der Waals surface area contributed by atoms with Crippen molar-refractivity contribution >= 4 is 0 Å². The summed E-state index contributed by atoms with van der Waals surface area (Å²) in [6.45, 7) is 1.88. The summed E-state index contributed by atoms with van der Waals surface area (Å²) in [5, 5.41) is 10.1. The van der Waals surface area contributed by atoms with Crippen LogP contribution in [0.1, 0.15) is 5.56 Å². The Bertz CT molecular complexity index is 804. The summed E-state index contributed by atoms with van der Waals surface area (Å²) in [5.41, 5.74) is 2.06. The molecular formula is C15H13N3O2. The van der Waals surface area contributed by atoms with Crippen molar-refractivity contribution in [3.05, 3.63) is 58.5 Å². The molecule has 0 unspecified atom stereocenters. The average Bonchev–Trinajstić information content (AvgIpc) is 2.94. The zero-order valence-corrected chi connectivity index (χ0v) is 10.8. The maximum Gasteiger partial charge on any atom is 0.262 e. The zero-order chi connectivity index (χ0) is 14.1. The summed E-state index contributed by atoms with van der Waals surface area (Å²) in [5.74, 6) is 0.0440. The zero-order valence-electron chi connectivity index (χ0n) is 10.8. The number of benzene rings is 1. The van der Waals surface area contributed by atoms with Crippen molar-refractivity contribution in [1.82, 2.24) is 15.0 Å². The van der Waals surface area contributed by atoms with Crippen LogP contribution in [0.25, 0.3) is 22.6 Å². The summed E-state index contributed by atoms with van der Waals surface area (Å²) in [7, 11) is 0. The highest BCUT2D eigenvalue weighted by atomic mass is 16.3. The standard InChI is InChI=1S/C15H13N3O2/c1-9-5-2-3-6-10(9)12-14(19)17-13(18-15(12)20)11-7-4-8-16-11/h2-8,16H,1H3,(H2,17,18,19,20). The van der Waals surface area contributed by atoms with Crippen LogP contribution in [-0.4, -0.2) is 20.1 Å². The van der Waals surface area contributed by atoms with E-state index < -0.39 is 0 Å². The number of aromatic nitrogens is 3. The van der Waals surface area contributed by atoms with Crippen molar-refractivity contribution in [2.24, 2.45) is 0 Å². The quantitative estimate of drug-likeness (QED) is 0.667. The van der Waals surface area contributed by atoms with Gasteiger partial charge in [-0.15, -0.1) is 0 Å². The minimum absolute atomic E-state index is 0.193. The number of nitrogens with zero attached hydrogens (tertiary/aromatic N) is 1. The number of rotatable bonds is 2. The van der Waals surface area contributed by atoms with E-state index >= 15 is 0 Å². The number of hydrogen-bond acceptors (Lipinski definition) is 3. The normalized spacial score (nSPS) is 10.7. The van der Waals surface area contributed by atoms with Gasteiger partial charge in [-0.1, -0.05) is 24.3 Å². The van der Waals surface area contributed by atoms with E-state index in [0.29, 0.717) is 17.1 Å². The van der Waals surface area contributed by atoms with Gasteiger partial charge in [-0.3, -0.25) is 4.79 Å². The molecule has 0 aliphatic carbocycles. The molecule has 0 amide bonds. The Balaban J connectivity index is 2.20. The molecule has 0 atom stereocenters. The molecule has 3 N–H and O–H groups in total. The van der Waals surface area contributed by atoms with Gasteiger partial charge in [0, 0.05) is 6.20 Å². The molecule has 0 radical (unpaired) electrons. The third-order valence-electron chi connectivity index (χ3n) is 3.17. The van der Waals surface area contributed by atoms with Crippen LogP contribution in [0, 0.1) is 6.92 Å². The van der Waals surface area contributed by atoms with E-state index in [0.717, 1.165) is 5.56 Å². The average molecular weight is 267 g/mol. The number of aryl methyl sites for hydroxylation is 1. The molecule has 0 saturated heterocycles. The molecule has 3 rings (SSSR count). The molecular weight excluding hydrogens is 254 g/mol. The molecule has 5 heteroatoms. The summed E-state index contributed by atoms with van der Waals surface area (Å²) >= 11 is 0. The smallest absolute Gasteiger partial charge is 0.262 e. The number of nitrogens with one attached hydrogen (secondary N) is 2. The Labute approximate surface area is 115 Å². The molecule has 0 aliphatic heterocycles. The summed E-state index contributed by atoms with van der Waals surface area (Å²) in [6.07, 6.45) is 1.72. The van der Waals surface area contributed by atoms with Gasteiger partial charge in [-0.2, -0.15) is 4.98 Å². The van der Waals surface area contributed by atoms with Crippen molar-refractivity contribution in [2.75, 3.05) is 0 Å². The first kappa shape index (κ1) is 12.2. The van der Waals surface area contributed by atoms with Crippen LogP contribution >= 0.6 is 0 Å². The van der Waals surface area contributed by atoms with Crippen LogP contribution in [0.3, 0.4) is 0 Å².